The zero-order chi connectivity index (χ0) is 13.8. The van der Waals surface area contributed by atoms with Crippen LogP contribution in [0.3, 0.4) is 0 Å². The van der Waals surface area contributed by atoms with Crippen molar-refractivity contribution in [3.8, 4) is 0 Å². The fourth-order valence-electron chi connectivity index (χ4n) is 1.70. The molecule has 3 nitrogen and oxygen atoms in total. The first-order chi connectivity index (χ1) is 8.40. The molecule has 1 rings (SSSR count). The number of nitrogens with one attached hydrogen (secondary N) is 1. The van der Waals surface area contributed by atoms with Gasteiger partial charge in [-0.05, 0) is 23.8 Å². The van der Waals surface area contributed by atoms with Crippen LogP contribution in [0, 0.1) is 5.82 Å². The molecule has 0 amide bonds. The first kappa shape index (κ1) is 15.6. The van der Waals surface area contributed by atoms with E-state index in [-0.39, 0.29) is 25.1 Å². The summed E-state index contributed by atoms with van der Waals surface area (Å²) in [5.41, 5.74) is 0.162. The molecule has 0 heterocycles. The maximum absolute atomic E-state index is 13.8. The summed E-state index contributed by atoms with van der Waals surface area (Å²) in [5.74, 6) is -0.255. The molecule has 0 aliphatic heterocycles. The van der Waals surface area contributed by atoms with Crippen molar-refractivity contribution in [2.75, 3.05) is 19.8 Å². The van der Waals surface area contributed by atoms with Crippen LogP contribution in [0.4, 0.5) is 4.39 Å². The fraction of sp³-hybridized carbons (Fsp3) is 0.538. The molecule has 0 bridgehead atoms. The van der Waals surface area contributed by atoms with E-state index in [1.165, 1.54) is 6.07 Å². The topological polar surface area (TPSA) is 52.5 Å². The second-order valence-electron chi connectivity index (χ2n) is 4.95. The van der Waals surface area contributed by atoms with Crippen LogP contribution in [0.15, 0.2) is 22.7 Å². The van der Waals surface area contributed by atoms with Crippen molar-refractivity contribution in [1.29, 1.82) is 0 Å². The summed E-state index contributed by atoms with van der Waals surface area (Å²) < 4.78 is 14.6. The summed E-state index contributed by atoms with van der Waals surface area (Å²) in [7, 11) is 0. The smallest absolute Gasteiger partial charge is 0.127 e. The number of hydrogen-bond donors (Lipinski definition) is 3. The molecule has 5 heteroatoms. The van der Waals surface area contributed by atoms with Crippen LogP contribution >= 0.6 is 15.9 Å². The SMILES string of the molecule is CC(C)(CNC(CO)CO)c1cc(Br)ccc1F. The van der Waals surface area contributed by atoms with Gasteiger partial charge in [-0.1, -0.05) is 29.8 Å². The minimum atomic E-state index is -0.434. The molecule has 0 saturated heterocycles. The van der Waals surface area contributed by atoms with Gasteiger partial charge in [0, 0.05) is 16.4 Å². The summed E-state index contributed by atoms with van der Waals surface area (Å²) in [4.78, 5) is 0. The summed E-state index contributed by atoms with van der Waals surface area (Å²) in [5, 5.41) is 21.0. The third kappa shape index (κ3) is 4.02. The highest BCUT2D eigenvalue weighted by molar-refractivity contribution is 9.10. The average Bonchev–Trinajstić information content (AvgIpc) is 2.33. The van der Waals surface area contributed by atoms with E-state index < -0.39 is 5.41 Å². The highest BCUT2D eigenvalue weighted by Gasteiger charge is 2.25. The molecule has 0 fully saturated rings. The zero-order valence-corrected chi connectivity index (χ0v) is 12.2. The highest BCUT2D eigenvalue weighted by Crippen LogP contribution is 2.28. The molecule has 102 valence electrons. The van der Waals surface area contributed by atoms with Gasteiger partial charge in [0.15, 0.2) is 0 Å². The standard InChI is InChI=1S/C13H19BrFNO2/c1-13(2,8-16-10(6-17)7-18)11-5-9(14)3-4-12(11)15/h3-5,10,16-18H,6-8H2,1-2H3. The van der Waals surface area contributed by atoms with Crippen molar-refractivity contribution in [2.24, 2.45) is 0 Å². The van der Waals surface area contributed by atoms with Gasteiger partial charge in [0.05, 0.1) is 19.3 Å². The minimum Gasteiger partial charge on any atom is -0.395 e. The first-order valence-electron chi connectivity index (χ1n) is 5.81. The summed E-state index contributed by atoms with van der Waals surface area (Å²) in [6, 6.07) is 4.47. The molecule has 0 unspecified atom stereocenters. The van der Waals surface area contributed by atoms with Gasteiger partial charge in [-0.15, -0.1) is 0 Å². The maximum Gasteiger partial charge on any atom is 0.127 e. The molecular formula is C13H19BrFNO2. The number of aliphatic hydroxyl groups excluding tert-OH is 2. The first-order valence-corrected chi connectivity index (χ1v) is 6.60. The van der Waals surface area contributed by atoms with E-state index in [1.807, 2.05) is 13.8 Å². The van der Waals surface area contributed by atoms with Crippen molar-refractivity contribution in [1.82, 2.24) is 5.32 Å². The number of benzene rings is 1. The average molecular weight is 320 g/mol. The van der Waals surface area contributed by atoms with Gasteiger partial charge >= 0.3 is 0 Å². The monoisotopic (exact) mass is 319 g/mol. The van der Waals surface area contributed by atoms with Gasteiger partial charge in [-0.25, -0.2) is 4.39 Å². The van der Waals surface area contributed by atoms with Crippen molar-refractivity contribution in [3.63, 3.8) is 0 Å². The third-order valence-electron chi connectivity index (χ3n) is 2.93. The van der Waals surface area contributed by atoms with Crippen molar-refractivity contribution in [3.05, 3.63) is 34.1 Å². The normalized spacial score (nSPS) is 12.2. The third-order valence-corrected chi connectivity index (χ3v) is 3.42. The lowest BCUT2D eigenvalue weighted by atomic mass is 9.84. The van der Waals surface area contributed by atoms with E-state index in [9.17, 15) is 4.39 Å². The number of hydrogen-bond acceptors (Lipinski definition) is 3. The van der Waals surface area contributed by atoms with Crippen LogP contribution in [0.1, 0.15) is 19.4 Å². The number of aliphatic hydroxyl groups is 2. The summed E-state index contributed by atoms with van der Waals surface area (Å²) in [6.45, 7) is 4.00. The van der Waals surface area contributed by atoms with Gasteiger partial charge in [-0.3, -0.25) is 0 Å². The second kappa shape index (κ2) is 6.61. The molecule has 1 aromatic carbocycles. The lowest BCUT2D eigenvalue weighted by Gasteiger charge is -2.28. The van der Waals surface area contributed by atoms with Crippen molar-refractivity contribution < 1.29 is 14.6 Å². The van der Waals surface area contributed by atoms with E-state index in [1.54, 1.807) is 12.1 Å². The van der Waals surface area contributed by atoms with E-state index in [0.29, 0.717) is 12.1 Å². The Hall–Kier alpha value is -0.490. The lowest BCUT2D eigenvalue weighted by Crippen LogP contribution is -2.43. The van der Waals surface area contributed by atoms with E-state index in [0.717, 1.165) is 4.47 Å². The van der Waals surface area contributed by atoms with E-state index in [2.05, 4.69) is 21.2 Å². The fourth-order valence-corrected chi connectivity index (χ4v) is 2.06. The Bertz CT molecular complexity index is 395. The van der Waals surface area contributed by atoms with E-state index >= 15 is 0 Å². The number of halogens is 2. The predicted octanol–water partition coefficient (Wildman–Crippen LogP) is 1.81. The van der Waals surface area contributed by atoms with Crippen molar-refractivity contribution >= 4 is 15.9 Å². The highest BCUT2D eigenvalue weighted by atomic mass is 79.9. The lowest BCUT2D eigenvalue weighted by molar-refractivity contribution is 0.166. The Labute approximate surface area is 115 Å². The molecule has 0 aromatic heterocycles. The van der Waals surface area contributed by atoms with Gasteiger partial charge < -0.3 is 15.5 Å². The van der Waals surface area contributed by atoms with Gasteiger partial charge in [0.25, 0.3) is 0 Å². The van der Waals surface area contributed by atoms with Crippen LogP contribution in [-0.4, -0.2) is 36.0 Å². The van der Waals surface area contributed by atoms with Gasteiger partial charge in [0.2, 0.25) is 0 Å². The van der Waals surface area contributed by atoms with Crippen LogP contribution in [0.5, 0.6) is 0 Å². The Kier molecular flexibility index (Phi) is 5.72. The molecule has 0 aliphatic carbocycles. The van der Waals surface area contributed by atoms with E-state index in [4.69, 9.17) is 10.2 Å². The van der Waals surface area contributed by atoms with Crippen LogP contribution in [0.25, 0.3) is 0 Å². The summed E-state index contributed by atoms with van der Waals surface area (Å²) >= 11 is 3.33. The Morgan fingerprint density at radius 1 is 1.33 bits per heavy atom. The Morgan fingerprint density at radius 2 is 1.94 bits per heavy atom. The summed E-state index contributed by atoms with van der Waals surface area (Å²) in [6.07, 6.45) is 0. The van der Waals surface area contributed by atoms with Gasteiger partial charge in [-0.2, -0.15) is 0 Å². The molecule has 18 heavy (non-hydrogen) atoms. The Morgan fingerprint density at radius 3 is 2.50 bits per heavy atom. The molecule has 0 radical (unpaired) electrons. The molecule has 1 aromatic rings. The predicted molar refractivity (Wildman–Crippen MR) is 73.1 cm³/mol. The quantitative estimate of drug-likeness (QED) is 0.749. The zero-order valence-electron chi connectivity index (χ0n) is 10.6. The molecule has 0 aliphatic rings. The van der Waals surface area contributed by atoms with Crippen LogP contribution < -0.4 is 5.32 Å². The van der Waals surface area contributed by atoms with Crippen molar-refractivity contribution in [2.45, 2.75) is 25.3 Å². The molecule has 3 N–H and O–H groups in total. The number of rotatable bonds is 6. The molecule has 0 spiro atoms. The second-order valence-corrected chi connectivity index (χ2v) is 5.87. The van der Waals surface area contributed by atoms with Crippen LogP contribution in [0.2, 0.25) is 0 Å². The molecular weight excluding hydrogens is 301 g/mol. The largest absolute Gasteiger partial charge is 0.395 e. The van der Waals surface area contributed by atoms with Gasteiger partial charge in [0.1, 0.15) is 5.82 Å². The van der Waals surface area contributed by atoms with Crippen LogP contribution in [-0.2, 0) is 5.41 Å². The minimum absolute atomic E-state index is 0.145. The Balaban J connectivity index is 2.82. The maximum atomic E-state index is 13.8. The molecule has 0 atom stereocenters. The molecule has 0 saturated carbocycles.